The van der Waals surface area contributed by atoms with Gasteiger partial charge in [-0.25, -0.2) is 0 Å². The van der Waals surface area contributed by atoms with E-state index in [1.807, 2.05) is 12.1 Å². The molecule has 2 aromatic carbocycles. The zero-order chi connectivity index (χ0) is 11.4. The van der Waals surface area contributed by atoms with Crippen molar-refractivity contribution in [3.05, 3.63) is 40.9 Å². The van der Waals surface area contributed by atoms with Gasteiger partial charge in [0.15, 0.2) is 0 Å². The van der Waals surface area contributed by atoms with Crippen LogP contribution in [0.25, 0.3) is 10.8 Å². The van der Waals surface area contributed by atoms with E-state index < -0.39 is 0 Å². The van der Waals surface area contributed by atoms with E-state index in [9.17, 15) is 4.39 Å². The lowest BCUT2D eigenvalue weighted by Gasteiger charge is -2.06. The summed E-state index contributed by atoms with van der Waals surface area (Å²) in [5, 5.41) is 5.59. The van der Waals surface area contributed by atoms with Crippen LogP contribution in [-0.4, -0.2) is 13.2 Å². The third kappa shape index (κ3) is 2.73. The summed E-state index contributed by atoms with van der Waals surface area (Å²) >= 11 is 3.44. The molecule has 2 rings (SSSR count). The lowest BCUT2D eigenvalue weighted by atomic mass is 10.1. The van der Waals surface area contributed by atoms with E-state index in [0.717, 1.165) is 10.2 Å². The van der Waals surface area contributed by atoms with Crippen molar-refractivity contribution in [2.75, 3.05) is 18.5 Å². The molecular formula is C13H13BrFN. The van der Waals surface area contributed by atoms with Crippen LogP contribution >= 0.6 is 15.9 Å². The van der Waals surface area contributed by atoms with Crippen LogP contribution in [0.15, 0.2) is 40.9 Å². The Kier molecular flexibility index (Phi) is 3.78. The maximum atomic E-state index is 11.9. The molecule has 0 fully saturated rings. The van der Waals surface area contributed by atoms with Crippen LogP contribution < -0.4 is 5.32 Å². The van der Waals surface area contributed by atoms with Gasteiger partial charge in [0.1, 0.15) is 0 Å². The first-order chi connectivity index (χ1) is 7.79. The van der Waals surface area contributed by atoms with Gasteiger partial charge >= 0.3 is 0 Å². The lowest BCUT2D eigenvalue weighted by molar-refractivity contribution is 0.481. The molecule has 1 nitrogen and oxygen atoms in total. The second kappa shape index (κ2) is 5.30. The van der Waals surface area contributed by atoms with Crippen molar-refractivity contribution in [3.63, 3.8) is 0 Å². The van der Waals surface area contributed by atoms with Crippen LogP contribution in [0.3, 0.4) is 0 Å². The second-order valence-corrected chi connectivity index (χ2v) is 4.59. The van der Waals surface area contributed by atoms with Crippen LogP contribution in [0.2, 0.25) is 0 Å². The fourth-order valence-corrected chi connectivity index (χ4v) is 2.00. The predicted molar refractivity (Wildman–Crippen MR) is 70.7 cm³/mol. The van der Waals surface area contributed by atoms with Crippen molar-refractivity contribution in [1.29, 1.82) is 0 Å². The van der Waals surface area contributed by atoms with Crippen molar-refractivity contribution in [2.45, 2.75) is 6.42 Å². The van der Waals surface area contributed by atoms with E-state index in [4.69, 9.17) is 0 Å². The minimum absolute atomic E-state index is 0.270. The van der Waals surface area contributed by atoms with E-state index in [1.165, 1.54) is 10.8 Å². The normalized spacial score (nSPS) is 10.6. The van der Waals surface area contributed by atoms with Crippen LogP contribution in [0, 0.1) is 0 Å². The Balaban J connectivity index is 2.20. The number of hydrogen-bond donors (Lipinski definition) is 1. The topological polar surface area (TPSA) is 12.0 Å². The molecule has 0 unspecified atom stereocenters. The Morgan fingerprint density at radius 1 is 1.06 bits per heavy atom. The summed E-state index contributed by atoms with van der Waals surface area (Å²) in [6, 6.07) is 12.3. The van der Waals surface area contributed by atoms with Gasteiger partial charge in [-0.3, -0.25) is 4.39 Å². The van der Waals surface area contributed by atoms with Gasteiger partial charge in [-0.15, -0.1) is 0 Å². The number of hydrogen-bond acceptors (Lipinski definition) is 1. The van der Waals surface area contributed by atoms with E-state index >= 15 is 0 Å². The molecule has 0 radical (unpaired) electrons. The molecule has 0 spiro atoms. The van der Waals surface area contributed by atoms with E-state index in [0.29, 0.717) is 13.0 Å². The molecule has 3 heteroatoms. The van der Waals surface area contributed by atoms with Gasteiger partial charge < -0.3 is 5.32 Å². The Morgan fingerprint density at radius 2 is 1.81 bits per heavy atom. The van der Waals surface area contributed by atoms with Gasteiger partial charge in [0.05, 0.1) is 6.67 Å². The molecule has 1 N–H and O–H groups in total. The van der Waals surface area contributed by atoms with Crippen molar-refractivity contribution >= 4 is 32.4 Å². The lowest BCUT2D eigenvalue weighted by Crippen LogP contribution is -2.01. The number of halogens is 2. The van der Waals surface area contributed by atoms with Crippen molar-refractivity contribution in [2.24, 2.45) is 0 Å². The first-order valence-electron chi connectivity index (χ1n) is 5.29. The summed E-state index contributed by atoms with van der Waals surface area (Å²) in [6.07, 6.45) is 0.554. The quantitative estimate of drug-likeness (QED) is 0.821. The van der Waals surface area contributed by atoms with Crippen LogP contribution in [-0.2, 0) is 0 Å². The largest absolute Gasteiger partial charge is 0.385 e. The Hall–Kier alpha value is -1.09. The molecule has 0 amide bonds. The van der Waals surface area contributed by atoms with E-state index in [1.54, 1.807) is 0 Å². The molecular weight excluding hydrogens is 269 g/mol. The van der Waals surface area contributed by atoms with Gasteiger partial charge in [0.25, 0.3) is 0 Å². The summed E-state index contributed by atoms with van der Waals surface area (Å²) in [6.45, 7) is 0.409. The fraction of sp³-hybridized carbons (Fsp3) is 0.231. The zero-order valence-corrected chi connectivity index (χ0v) is 10.4. The van der Waals surface area contributed by atoms with E-state index in [2.05, 4.69) is 45.5 Å². The van der Waals surface area contributed by atoms with Gasteiger partial charge in [-0.2, -0.15) is 0 Å². The van der Waals surface area contributed by atoms with Crippen LogP contribution in [0.1, 0.15) is 6.42 Å². The minimum Gasteiger partial charge on any atom is -0.385 e. The summed E-state index contributed by atoms with van der Waals surface area (Å²) in [5.74, 6) is 0. The van der Waals surface area contributed by atoms with Gasteiger partial charge in [-0.05, 0) is 41.5 Å². The van der Waals surface area contributed by atoms with Gasteiger partial charge in [-0.1, -0.05) is 28.1 Å². The second-order valence-electron chi connectivity index (χ2n) is 3.68. The Labute approximate surface area is 103 Å². The molecule has 0 aliphatic heterocycles. The van der Waals surface area contributed by atoms with Gasteiger partial charge in [0.2, 0.25) is 0 Å². The monoisotopic (exact) mass is 281 g/mol. The van der Waals surface area contributed by atoms with Crippen molar-refractivity contribution < 1.29 is 4.39 Å². The maximum Gasteiger partial charge on any atom is 0.0911 e. The highest BCUT2D eigenvalue weighted by molar-refractivity contribution is 9.10. The summed E-state index contributed by atoms with van der Waals surface area (Å²) in [7, 11) is 0. The third-order valence-electron chi connectivity index (χ3n) is 2.44. The van der Waals surface area contributed by atoms with Crippen LogP contribution in [0.5, 0.6) is 0 Å². The molecule has 0 saturated heterocycles. The predicted octanol–water partition coefficient (Wildman–Crippen LogP) is 4.37. The summed E-state index contributed by atoms with van der Waals surface area (Å²) in [5.41, 5.74) is 1.04. The molecule has 2 aromatic rings. The molecule has 0 aliphatic carbocycles. The molecule has 0 saturated carbocycles. The molecule has 0 aromatic heterocycles. The number of fused-ring (bicyclic) bond motifs is 1. The highest BCUT2D eigenvalue weighted by Crippen LogP contribution is 2.22. The third-order valence-corrected chi connectivity index (χ3v) is 2.94. The summed E-state index contributed by atoms with van der Waals surface area (Å²) in [4.78, 5) is 0. The standard InChI is InChI=1S/C13H13BrFN/c14-12-4-2-11-9-13(16-7-1-6-15)5-3-10(11)8-12/h2-5,8-9,16H,1,6-7H2. The molecule has 84 valence electrons. The number of nitrogens with one attached hydrogen (secondary N) is 1. The summed E-state index contributed by atoms with van der Waals surface area (Å²) < 4.78 is 13.0. The maximum absolute atomic E-state index is 11.9. The number of anilines is 1. The molecule has 0 bridgehead atoms. The smallest absolute Gasteiger partial charge is 0.0911 e. The fourth-order valence-electron chi connectivity index (χ4n) is 1.63. The first kappa shape index (κ1) is 11.4. The SMILES string of the molecule is FCCCNc1ccc2cc(Br)ccc2c1. The highest BCUT2D eigenvalue weighted by atomic mass is 79.9. The highest BCUT2D eigenvalue weighted by Gasteiger charge is 1.97. The number of alkyl halides is 1. The average molecular weight is 282 g/mol. The van der Waals surface area contributed by atoms with Gasteiger partial charge in [0, 0.05) is 16.7 Å². The molecule has 0 aliphatic rings. The Bertz CT molecular complexity index is 484. The molecule has 0 atom stereocenters. The zero-order valence-electron chi connectivity index (χ0n) is 8.84. The van der Waals surface area contributed by atoms with Crippen molar-refractivity contribution in [1.82, 2.24) is 0 Å². The first-order valence-corrected chi connectivity index (χ1v) is 6.08. The van der Waals surface area contributed by atoms with Crippen LogP contribution in [0.4, 0.5) is 10.1 Å². The van der Waals surface area contributed by atoms with E-state index in [-0.39, 0.29) is 6.67 Å². The molecule has 0 heterocycles. The van der Waals surface area contributed by atoms with Crippen molar-refractivity contribution in [3.8, 4) is 0 Å². The average Bonchev–Trinajstić information content (AvgIpc) is 2.29. The molecule has 16 heavy (non-hydrogen) atoms. The number of rotatable bonds is 4. The number of benzene rings is 2. The minimum atomic E-state index is -0.270. The Morgan fingerprint density at radius 3 is 2.62 bits per heavy atom.